The number of unbranched alkanes of at least 4 members (excludes halogenated alkanes) is 1. The molecule has 9 nitrogen and oxygen atoms in total. The summed E-state index contributed by atoms with van der Waals surface area (Å²) in [6.07, 6.45) is 2.27. The number of halogens is 3. The molecule has 1 heterocycles. The fourth-order valence-electron chi connectivity index (χ4n) is 9.90. The molecule has 1 unspecified atom stereocenters. The Bertz CT molecular complexity index is 2440. The van der Waals surface area contributed by atoms with Crippen LogP contribution < -0.4 is 4.74 Å². The number of hydrogen-bond acceptors (Lipinski definition) is 9. The van der Waals surface area contributed by atoms with Gasteiger partial charge >= 0.3 is 12.1 Å². The molecule has 0 aromatic heterocycles. The summed E-state index contributed by atoms with van der Waals surface area (Å²) in [5.74, 6) is 2.06. The van der Waals surface area contributed by atoms with Crippen LogP contribution in [0.15, 0.2) is 147 Å². The Labute approximate surface area is 399 Å². The molecule has 0 spiro atoms. The predicted octanol–water partition coefficient (Wildman–Crippen LogP) is 11.0. The van der Waals surface area contributed by atoms with Crippen molar-refractivity contribution in [2.24, 2.45) is 23.2 Å². The number of fused-ring (bicyclic) bond motifs is 1. The Balaban J connectivity index is 0.000000158. The molecule has 0 amide bonds. The van der Waals surface area contributed by atoms with Crippen molar-refractivity contribution in [2.75, 3.05) is 30.1 Å². The summed E-state index contributed by atoms with van der Waals surface area (Å²) in [6, 6.07) is 45.4. The molecule has 10 rings (SSSR count). The van der Waals surface area contributed by atoms with Crippen LogP contribution in [0.5, 0.6) is 5.75 Å². The minimum absolute atomic E-state index is 0.0146. The molecule has 1 atom stereocenters. The molecular weight excluding hydrogens is 942 g/mol. The van der Waals surface area contributed by atoms with Gasteiger partial charge in [-0.05, 0) is 130 Å². The molecule has 1 aliphatic heterocycles. The molecular formula is C51H59F3O9S4. The number of carbonyl (C=O) groups is 1. The van der Waals surface area contributed by atoms with Crippen molar-refractivity contribution in [2.45, 2.75) is 103 Å². The van der Waals surface area contributed by atoms with Crippen LogP contribution in [0.4, 0.5) is 13.2 Å². The normalized spacial score (nSPS) is 21.5. The van der Waals surface area contributed by atoms with E-state index in [1.165, 1.54) is 56.2 Å². The molecule has 16 heteroatoms. The lowest BCUT2D eigenvalue weighted by Crippen LogP contribution is -2.52. The summed E-state index contributed by atoms with van der Waals surface area (Å²) in [5.41, 5.74) is -0.926. The molecule has 67 heavy (non-hydrogen) atoms. The van der Waals surface area contributed by atoms with Crippen molar-refractivity contribution >= 4 is 58.8 Å². The number of alkyl halides is 3. The van der Waals surface area contributed by atoms with Crippen molar-refractivity contribution < 1.29 is 53.4 Å². The Morgan fingerprint density at radius 2 is 1.15 bits per heavy atom. The summed E-state index contributed by atoms with van der Waals surface area (Å²) in [7, 11) is -8.62. The van der Waals surface area contributed by atoms with Gasteiger partial charge in [0.25, 0.3) is 0 Å². The highest BCUT2D eigenvalue weighted by atomic mass is 32.2. The molecule has 5 fully saturated rings. The lowest BCUT2D eigenvalue weighted by atomic mass is 9.49. The maximum Gasteiger partial charge on any atom is 0.426 e. The predicted molar refractivity (Wildman–Crippen MR) is 257 cm³/mol. The van der Waals surface area contributed by atoms with Gasteiger partial charge in [0.1, 0.15) is 17.3 Å². The van der Waals surface area contributed by atoms with E-state index in [-0.39, 0.29) is 10.9 Å². The topological polar surface area (TPSA) is 150 Å². The van der Waals surface area contributed by atoms with E-state index in [0.717, 1.165) is 38.0 Å². The minimum atomic E-state index is -5.16. The fourth-order valence-corrected chi connectivity index (χ4v) is 15.1. The van der Waals surface area contributed by atoms with Gasteiger partial charge < -0.3 is 18.6 Å². The maximum atomic E-state index is 12.9. The Morgan fingerprint density at radius 1 is 0.716 bits per heavy atom. The van der Waals surface area contributed by atoms with E-state index < -0.39 is 49.7 Å². The quantitative estimate of drug-likeness (QED) is 0.0515. The van der Waals surface area contributed by atoms with Gasteiger partial charge in [-0.1, -0.05) is 86.1 Å². The number of carbonyl (C=O) groups excluding carboxylic acids is 1. The largest absolute Gasteiger partial charge is 0.748 e. The molecule has 0 N–H and O–H groups in total. The van der Waals surface area contributed by atoms with Crippen LogP contribution in [0, 0.1) is 23.2 Å². The van der Waals surface area contributed by atoms with Crippen molar-refractivity contribution in [3.8, 4) is 5.75 Å². The van der Waals surface area contributed by atoms with Gasteiger partial charge in [-0.15, -0.1) is 0 Å². The monoisotopic (exact) mass is 1000 g/mol. The second-order valence-electron chi connectivity index (χ2n) is 17.7. The van der Waals surface area contributed by atoms with E-state index >= 15 is 0 Å². The number of benzene rings is 5. The van der Waals surface area contributed by atoms with Crippen LogP contribution in [-0.2, 0) is 51.6 Å². The summed E-state index contributed by atoms with van der Waals surface area (Å²) in [5, 5.41) is 2.70. The van der Waals surface area contributed by atoms with E-state index in [1.54, 1.807) is 4.90 Å². The zero-order chi connectivity index (χ0) is 48.2. The molecule has 4 saturated carbocycles. The van der Waals surface area contributed by atoms with E-state index in [2.05, 4.69) is 139 Å². The van der Waals surface area contributed by atoms with Gasteiger partial charge in [0.15, 0.2) is 19.6 Å². The van der Waals surface area contributed by atoms with Crippen LogP contribution >= 0.6 is 0 Å². The molecule has 4 bridgehead atoms. The fraction of sp³-hybridized carbons (Fsp3) is 0.431. The van der Waals surface area contributed by atoms with Gasteiger partial charge in [0.05, 0.1) is 48.9 Å². The maximum absolute atomic E-state index is 12.9. The van der Waals surface area contributed by atoms with Crippen LogP contribution in [0.1, 0.15) is 71.1 Å². The third kappa shape index (κ3) is 15.5. The number of hydrogen-bond donors (Lipinski definition) is 0. The highest BCUT2D eigenvalue weighted by molar-refractivity contribution is 7.97. The standard InChI is InChI=1S/C18H23OS.C18H15S.C14H19F3O5S.CH4O3S/c1-2-3-12-19-17-10-11-18(20-13-6-7-14-20)16-9-5-4-8-15(16)17;1-4-10-16(11-5-1)19(17-12-6-2-7-13-17)18-14-8-3-9-15-18;15-14(16,17)11(7-23(19,20)21)22-12(18)13-4-8-1-9(5-13)3-10(2-8)6-13;1-5(2,3)4/h4-5,8-11H,2-3,6-7,12-14H2,1H3;1-15H;8-11H,1-7H2,(H,19,20,21);1H3,(H,2,3,4)/q2*+1;;/p-2. The van der Waals surface area contributed by atoms with Gasteiger partial charge in [0.2, 0.25) is 6.10 Å². The number of rotatable bonds is 12. The summed E-state index contributed by atoms with van der Waals surface area (Å²) < 4.78 is 108. The van der Waals surface area contributed by atoms with Gasteiger partial charge in [-0.25, -0.2) is 16.8 Å². The third-order valence-corrected chi connectivity index (χ3v) is 17.8. The molecule has 5 aromatic carbocycles. The first-order valence-electron chi connectivity index (χ1n) is 22.7. The molecule has 0 radical (unpaired) electrons. The van der Waals surface area contributed by atoms with Crippen LogP contribution in [0.2, 0.25) is 0 Å². The number of ether oxygens (including phenoxy) is 2. The molecule has 1 saturated heterocycles. The Kier molecular flexibility index (Phi) is 18.3. The SMILES string of the molecule is CCCCOc1ccc([S+]2CCCC2)c2ccccc12.CS(=O)(=O)[O-].O=C(OC(CS(=O)(=O)[O-])C(F)(F)F)C12CC3CC(CC(C3)C1)C2.c1ccc([S+](c2ccccc2)c2ccccc2)cc1. The smallest absolute Gasteiger partial charge is 0.426 e. The van der Waals surface area contributed by atoms with Crippen molar-refractivity contribution in [1.82, 2.24) is 0 Å². The molecule has 4 aliphatic carbocycles. The molecule has 362 valence electrons. The van der Waals surface area contributed by atoms with Crippen molar-refractivity contribution in [1.29, 1.82) is 0 Å². The zero-order valence-electron chi connectivity index (χ0n) is 37.8. The average Bonchev–Trinajstić information content (AvgIpc) is 3.81. The van der Waals surface area contributed by atoms with Crippen LogP contribution in [0.25, 0.3) is 10.8 Å². The van der Waals surface area contributed by atoms with Gasteiger partial charge in [0, 0.05) is 27.9 Å². The molecule has 5 aliphatic rings. The Morgan fingerprint density at radius 3 is 1.57 bits per heavy atom. The first kappa shape index (κ1) is 52.3. The lowest BCUT2D eigenvalue weighted by Gasteiger charge is -2.55. The second-order valence-corrected chi connectivity index (χ2v) is 24.9. The lowest BCUT2D eigenvalue weighted by molar-refractivity contribution is -0.226. The Hall–Kier alpha value is -4.06. The van der Waals surface area contributed by atoms with E-state index in [0.29, 0.717) is 54.2 Å². The average molecular weight is 1000 g/mol. The van der Waals surface area contributed by atoms with E-state index in [4.69, 9.17) is 17.7 Å². The van der Waals surface area contributed by atoms with Crippen molar-refractivity contribution in [3.63, 3.8) is 0 Å². The first-order chi connectivity index (χ1) is 31.8. The van der Waals surface area contributed by atoms with E-state index in [9.17, 15) is 30.9 Å². The highest BCUT2D eigenvalue weighted by Gasteiger charge is 2.57. The zero-order valence-corrected chi connectivity index (χ0v) is 41.0. The minimum Gasteiger partial charge on any atom is -0.748 e. The summed E-state index contributed by atoms with van der Waals surface area (Å²) >= 11 is 0. The summed E-state index contributed by atoms with van der Waals surface area (Å²) in [6.45, 7) is 3.03. The number of esters is 1. The van der Waals surface area contributed by atoms with E-state index in [1.807, 2.05) is 0 Å². The summed E-state index contributed by atoms with van der Waals surface area (Å²) in [4.78, 5) is 18.1. The second kappa shape index (κ2) is 23.5. The van der Waals surface area contributed by atoms with Crippen LogP contribution in [-0.4, -0.2) is 74.3 Å². The van der Waals surface area contributed by atoms with Gasteiger partial charge in [-0.3, -0.25) is 4.79 Å². The first-order valence-corrected chi connectivity index (χ1v) is 28.8. The molecule has 5 aromatic rings. The highest BCUT2D eigenvalue weighted by Crippen LogP contribution is 2.60. The van der Waals surface area contributed by atoms with Crippen molar-refractivity contribution in [3.05, 3.63) is 127 Å². The van der Waals surface area contributed by atoms with Crippen LogP contribution in [0.3, 0.4) is 0 Å². The van der Waals surface area contributed by atoms with Gasteiger partial charge in [-0.2, -0.15) is 13.2 Å². The third-order valence-electron chi connectivity index (χ3n) is 12.3.